The molecule has 2 aromatic carbocycles. The Morgan fingerprint density at radius 1 is 1.17 bits per heavy atom. The summed E-state index contributed by atoms with van der Waals surface area (Å²) in [5.41, 5.74) is 3.65. The number of guanidine groups is 1. The zero-order chi connectivity index (χ0) is 20.6. The Kier molecular flexibility index (Phi) is 9.91. The van der Waals surface area contributed by atoms with Crippen molar-refractivity contribution in [2.24, 2.45) is 4.99 Å². The number of halogens is 2. The smallest absolute Gasteiger partial charge is 0.223 e. The van der Waals surface area contributed by atoms with Gasteiger partial charge in [0.1, 0.15) is 0 Å². The Bertz CT molecular complexity index is 849. The molecular formula is C23H30ClIN4O. The lowest BCUT2D eigenvalue weighted by Crippen LogP contribution is -2.38. The molecular weight excluding hydrogens is 511 g/mol. The van der Waals surface area contributed by atoms with E-state index in [0.717, 1.165) is 49.1 Å². The van der Waals surface area contributed by atoms with Gasteiger partial charge in [0.25, 0.3) is 0 Å². The molecule has 0 aromatic heterocycles. The molecule has 0 aliphatic carbocycles. The summed E-state index contributed by atoms with van der Waals surface area (Å²) in [5.74, 6) is 1.04. The van der Waals surface area contributed by atoms with E-state index in [-0.39, 0.29) is 29.9 Å². The third-order valence-corrected chi connectivity index (χ3v) is 5.24. The first-order valence-corrected chi connectivity index (χ1v) is 10.5. The summed E-state index contributed by atoms with van der Waals surface area (Å²) >= 11 is 6.08. The van der Waals surface area contributed by atoms with Crippen molar-refractivity contribution >= 4 is 47.4 Å². The van der Waals surface area contributed by atoms with Crippen LogP contribution in [0.25, 0.3) is 0 Å². The van der Waals surface area contributed by atoms with Crippen LogP contribution in [-0.4, -0.2) is 41.8 Å². The van der Waals surface area contributed by atoms with Crippen LogP contribution in [0.3, 0.4) is 0 Å². The summed E-state index contributed by atoms with van der Waals surface area (Å²) in [5, 5.41) is 4.06. The van der Waals surface area contributed by atoms with Crippen molar-refractivity contribution in [1.82, 2.24) is 15.1 Å². The molecule has 0 fully saturated rings. The molecule has 0 bridgehead atoms. The molecule has 7 heteroatoms. The number of carbonyl (C=O) groups is 1. The third kappa shape index (κ3) is 6.87. The molecule has 0 spiro atoms. The van der Waals surface area contributed by atoms with E-state index in [1.165, 1.54) is 11.1 Å². The Balaban J connectivity index is 0.00000320. The Morgan fingerprint density at radius 3 is 2.50 bits per heavy atom. The molecule has 3 rings (SSSR count). The second kappa shape index (κ2) is 12.2. The summed E-state index contributed by atoms with van der Waals surface area (Å²) < 4.78 is 0. The number of carbonyl (C=O) groups excluding carboxylic acids is 1. The highest BCUT2D eigenvalue weighted by Gasteiger charge is 2.22. The molecule has 1 aliphatic heterocycles. The molecule has 0 atom stereocenters. The molecule has 1 aliphatic rings. The minimum atomic E-state index is 0. The minimum absolute atomic E-state index is 0. The fourth-order valence-corrected chi connectivity index (χ4v) is 3.75. The number of amides is 1. The van der Waals surface area contributed by atoms with Crippen molar-refractivity contribution in [2.75, 3.05) is 20.1 Å². The number of hydrogen-bond acceptors (Lipinski definition) is 2. The highest BCUT2D eigenvalue weighted by atomic mass is 127. The van der Waals surface area contributed by atoms with Gasteiger partial charge in [-0.05, 0) is 42.2 Å². The van der Waals surface area contributed by atoms with Gasteiger partial charge >= 0.3 is 0 Å². The Hall–Kier alpha value is -1.80. The molecule has 0 radical (unpaired) electrons. The van der Waals surface area contributed by atoms with Crippen molar-refractivity contribution in [1.29, 1.82) is 0 Å². The van der Waals surface area contributed by atoms with Crippen LogP contribution in [0, 0.1) is 0 Å². The van der Waals surface area contributed by atoms with Gasteiger partial charge in [-0.2, -0.15) is 0 Å². The van der Waals surface area contributed by atoms with Gasteiger partial charge in [0.15, 0.2) is 5.96 Å². The number of rotatable bonds is 7. The summed E-state index contributed by atoms with van der Waals surface area (Å²) in [6, 6.07) is 16.1. The van der Waals surface area contributed by atoms with Crippen molar-refractivity contribution in [3.05, 3.63) is 70.2 Å². The quantitative estimate of drug-likeness (QED) is 0.240. The molecule has 1 amide bonds. The van der Waals surface area contributed by atoms with Crippen LogP contribution in [0.4, 0.5) is 0 Å². The van der Waals surface area contributed by atoms with Gasteiger partial charge in [-0.25, -0.2) is 0 Å². The van der Waals surface area contributed by atoms with Gasteiger partial charge in [-0.1, -0.05) is 48.0 Å². The maximum absolute atomic E-state index is 12.5. The first-order valence-electron chi connectivity index (χ1n) is 10.1. The van der Waals surface area contributed by atoms with Gasteiger partial charge in [-0.15, -0.1) is 24.0 Å². The highest BCUT2D eigenvalue weighted by Crippen LogP contribution is 2.23. The Morgan fingerprint density at radius 2 is 1.87 bits per heavy atom. The number of hydrogen-bond donors (Lipinski definition) is 1. The third-order valence-electron chi connectivity index (χ3n) is 5.01. The van der Waals surface area contributed by atoms with E-state index >= 15 is 0 Å². The van der Waals surface area contributed by atoms with E-state index in [1.54, 1.807) is 0 Å². The fourth-order valence-electron chi connectivity index (χ4n) is 3.54. The zero-order valence-electron chi connectivity index (χ0n) is 17.6. The number of benzene rings is 2. The largest absolute Gasteiger partial charge is 0.357 e. The summed E-state index contributed by atoms with van der Waals surface area (Å²) in [4.78, 5) is 21.2. The average molecular weight is 541 g/mol. The van der Waals surface area contributed by atoms with E-state index in [4.69, 9.17) is 16.6 Å². The van der Waals surface area contributed by atoms with Gasteiger partial charge in [0.2, 0.25) is 5.91 Å². The lowest BCUT2D eigenvalue weighted by Gasteiger charge is -2.22. The van der Waals surface area contributed by atoms with E-state index in [2.05, 4.69) is 35.3 Å². The minimum Gasteiger partial charge on any atom is -0.357 e. The predicted molar refractivity (Wildman–Crippen MR) is 134 cm³/mol. The monoisotopic (exact) mass is 540 g/mol. The maximum atomic E-state index is 12.5. The van der Waals surface area contributed by atoms with Crippen LogP contribution < -0.4 is 5.32 Å². The van der Waals surface area contributed by atoms with E-state index in [1.807, 2.05) is 42.3 Å². The standard InChI is InChI=1S/C23H29ClN4O.HI/c1-3-25-23(27(2)15-18-8-6-11-21(24)14-18)26-13-7-12-22(29)28-16-19-9-4-5-10-20(19)17-28;/h4-6,8-11,14H,3,7,12-13,15-17H2,1-2H3,(H,25,26);1H. The summed E-state index contributed by atoms with van der Waals surface area (Å²) in [7, 11) is 2.01. The molecule has 1 heterocycles. The van der Waals surface area contributed by atoms with Crippen molar-refractivity contribution < 1.29 is 4.79 Å². The van der Waals surface area contributed by atoms with Crippen LogP contribution in [-0.2, 0) is 24.4 Å². The Labute approximate surface area is 201 Å². The zero-order valence-corrected chi connectivity index (χ0v) is 20.7. The van der Waals surface area contributed by atoms with Gasteiger partial charge < -0.3 is 15.1 Å². The lowest BCUT2D eigenvalue weighted by atomic mass is 10.1. The van der Waals surface area contributed by atoms with E-state index < -0.39 is 0 Å². The van der Waals surface area contributed by atoms with Crippen LogP contribution in [0.5, 0.6) is 0 Å². The molecule has 2 aromatic rings. The number of fused-ring (bicyclic) bond motifs is 1. The lowest BCUT2D eigenvalue weighted by molar-refractivity contribution is -0.131. The van der Waals surface area contributed by atoms with Crippen LogP contribution in [0.1, 0.15) is 36.5 Å². The van der Waals surface area contributed by atoms with Crippen molar-refractivity contribution in [3.63, 3.8) is 0 Å². The van der Waals surface area contributed by atoms with Gasteiger partial charge in [0, 0.05) is 51.2 Å². The maximum Gasteiger partial charge on any atom is 0.223 e. The topological polar surface area (TPSA) is 47.9 Å². The van der Waals surface area contributed by atoms with Crippen LogP contribution in [0.2, 0.25) is 5.02 Å². The second-order valence-corrected chi connectivity index (χ2v) is 7.78. The van der Waals surface area contributed by atoms with Crippen molar-refractivity contribution in [3.8, 4) is 0 Å². The van der Waals surface area contributed by atoms with Gasteiger partial charge in [-0.3, -0.25) is 9.79 Å². The number of nitrogens with zero attached hydrogens (tertiary/aromatic N) is 3. The van der Waals surface area contributed by atoms with E-state index in [9.17, 15) is 4.79 Å². The summed E-state index contributed by atoms with van der Waals surface area (Å²) in [6.07, 6.45) is 1.26. The van der Waals surface area contributed by atoms with Crippen molar-refractivity contribution in [2.45, 2.75) is 39.4 Å². The number of nitrogens with one attached hydrogen (secondary N) is 1. The SMILES string of the molecule is CCNC(=NCCCC(=O)N1Cc2ccccc2C1)N(C)Cc1cccc(Cl)c1.I. The highest BCUT2D eigenvalue weighted by molar-refractivity contribution is 14.0. The molecule has 1 N–H and O–H groups in total. The first kappa shape index (κ1) is 24.5. The second-order valence-electron chi connectivity index (χ2n) is 7.34. The average Bonchev–Trinajstić information content (AvgIpc) is 3.14. The normalized spacial score (nSPS) is 12.9. The van der Waals surface area contributed by atoms with E-state index in [0.29, 0.717) is 13.0 Å². The molecule has 5 nitrogen and oxygen atoms in total. The molecule has 30 heavy (non-hydrogen) atoms. The summed E-state index contributed by atoms with van der Waals surface area (Å²) in [6.45, 7) is 5.64. The van der Waals surface area contributed by atoms with Crippen LogP contribution in [0.15, 0.2) is 53.5 Å². The molecule has 162 valence electrons. The fraction of sp³-hybridized carbons (Fsp3) is 0.391. The van der Waals surface area contributed by atoms with Crippen LogP contribution >= 0.6 is 35.6 Å². The molecule has 0 saturated carbocycles. The first-order chi connectivity index (χ1) is 14.1. The van der Waals surface area contributed by atoms with Gasteiger partial charge in [0.05, 0.1) is 0 Å². The molecule has 0 saturated heterocycles. The molecule has 0 unspecified atom stereocenters. The predicted octanol–water partition coefficient (Wildman–Crippen LogP) is 4.68. The number of aliphatic imine (C=N–C) groups is 1.